The Balaban J connectivity index is 1.19. The highest BCUT2D eigenvalue weighted by Gasteiger charge is 2.34. The summed E-state index contributed by atoms with van der Waals surface area (Å²) in [6.45, 7) is 5.20. The van der Waals surface area contributed by atoms with E-state index < -0.39 is 17.6 Å². The van der Waals surface area contributed by atoms with Gasteiger partial charge in [-0.25, -0.2) is 9.97 Å². The highest BCUT2D eigenvalue weighted by Crippen LogP contribution is 2.34. The molecule has 0 atom stereocenters. The first-order valence-electron chi connectivity index (χ1n) is 11.5. The number of carbonyl (C=O) groups is 2. The Bertz CT molecular complexity index is 1010. The lowest BCUT2D eigenvalue weighted by molar-refractivity contribution is -0.137. The van der Waals surface area contributed by atoms with Crippen LogP contribution >= 0.6 is 0 Å². The van der Waals surface area contributed by atoms with Gasteiger partial charge in [-0.15, -0.1) is 0 Å². The summed E-state index contributed by atoms with van der Waals surface area (Å²) in [5, 5.41) is 2.37. The Labute approximate surface area is 201 Å². The van der Waals surface area contributed by atoms with Crippen LogP contribution in [0.3, 0.4) is 0 Å². The van der Waals surface area contributed by atoms with Crippen molar-refractivity contribution >= 4 is 23.5 Å². The summed E-state index contributed by atoms with van der Waals surface area (Å²) in [7, 11) is 0. The molecule has 1 aromatic carbocycles. The lowest BCUT2D eigenvalue weighted by Crippen LogP contribution is -2.54. The number of alkyl halides is 3. The molecule has 2 amide bonds. The number of amides is 2. The van der Waals surface area contributed by atoms with Crippen molar-refractivity contribution in [1.82, 2.24) is 24.7 Å². The van der Waals surface area contributed by atoms with Crippen LogP contribution in [0.25, 0.3) is 0 Å². The fourth-order valence-electron chi connectivity index (χ4n) is 4.24. The van der Waals surface area contributed by atoms with E-state index in [1.165, 1.54) is 18.2 Å². The zero-order chi connectivity index (χ0) is 24.8. The maximum Gasteiger partial charge on any atom is 0.418 e. The molecule has 0 saturated carbocycles. The molecule has 3 heterocycles. The summed E-state index contributed by atoms with van der Waals surface area (Å²) >= 11 is 0. The zero-order valence-electron chi connectivity index (χ0n) is 19.2. The quantitative estimate of drug-likeness (QED) is 0.654. The Morgan fingerprint density at radius 3 is 2.09 bits per heavy atom. The molecule has 35 heavy (non-hydrogen) atoms. The maximum absolute atomic E-state index is 13.1. The molecule has 0 radical (unpaired) electrons. The lowest BCUT2D eigenvalue weighted by atomic mass is 10.1. The van der Waals surface area contributed by atoms with E-state index in [0.717, 1.165) is 32.2 Å². The topological polar surface area (TPSA) is 84.9 Å². The average Bonchev–Trinajstić information content (AvgIpc) is 2.85. The van der Waals surface area contributed by atoms with E-state index in [9.17, 15) is 22.8 Å². The number of carbonyl (C=O) groups excluding carboxylic acids is 2. The Morgan fingerprint density at radius 1 is 0.829 bits per heavy atom. The molecule has 2 aromatic rings. The van der Waals surface area contributed by atoms with E-state index in [4.69, 9.17) is 0 Å². The number of halogens is 3. The van der Waals surface area contributed by atoms with Gasteiger partial charge >= 0.3 is 6.18 Å². The van der Waals surface area contributed by atoms with Crippen molar-refractivity contribution in [1.29, 1.82) is 0 Å². The third kappa shape index (κ3) is 6.67. The molecule has 1 N–H and O–H groups in total. The van der Waals surface area contributed by atoms with Gasteiger partial charge in [-0.3, -0.25) is 19.4 Å². The smallest absolute Gasteiger partial charge is 0.339 e. The Kier molecular flexibility index (Phi) is 7.81. The highest BCUT2D eigenvalue weighted by atomic mass is 19.4. The van der Waals surface area contributed by atoms with Crippen molar-refractivity contribution in [3.05, 3.63) is 48.3 Å². The first kappa shape index (κ1) is 24.9. The van der Waals surface area contributed by atoms with Gasteiger partial charge < -0.3 is 15.1 Å². The van der Waals surface area contributed by atoms with E-state index in [1.54, 1.807) is 23.4 Å². The third-order valence-electron chi connectivity index (χ3n) is 6.16. The maximum atomic E-state index is 13.1. The van der Waals surface area contributed by atoms with Crippen molar-refractivity contribution in [2.24, 2.45) is 0 Å². The number of aromatic nitrogens is 2. The zero-order valence-corrected chi connectivity index (χ0v) is 19.2. The van der Waals surface area contributed by atoms with Gasteiger partial charge in [-0.05, 0) is 18.2 Å². The SMILES string of the molecule is O=C(CN1CCN(C(=O)CN2CCN(c3ncccn3)CC2)CC1)Nc1ccccc1C(F)(F)F. The van der Waals surface area contributed by atoms with E-state index in [-0.39, 0.29) is 18.1 Å². The van der Waals surface area contributed by atoms with E-state index in [0.29, 0.717) is 38.7 Å². The number of rotatable bonds is 6. The second kappa shape index (κ2) is 11.0. The van der Waals surface area contributed by atoms with E-state index in [2.05, 4.69) is 25.1 Å². The third-order valence-corrected chi connectivity index (χ3v) is 6.16. The molecule has 0 bridgehead atoms. The molecule has 0 spiro atoms. The monoisotopic (exact) mass is 491 g/mol. The molecule has 12 heteroatoms. The molecular weight excluding hydrogens is 463 g/mol. The summed E-state index contributed by atoms with van der Waals surface area (Å²) in [4.78, 5) is 41.5. The van der Waals surface area contributed by atoms with Gasteiger partial charge in [0, 0.05) is 64.8 Å². The van der Waals surface area contributed by atoms with Crippen LogP contribution in [0, 0.1) is 0 Å². The highest BCUT2D eigenvalue weighted by molar-refractivity contribution is 5.93. The van der Waals surface area contributed by atoms with Crippen LogP contribution in [0.15, 0.2) is 42.7 Å². The van der Waals surface area contributed by atoms with Crippen LogP contribution in [0.2, 0.25) is 0 Å². The second-order valence-corrected chi connectivity index (χ2v) is 8.56. The number of hydrogen-bond donors (Lipinski definition) is 1. The van der Waals surface area contributed by atoms with Crippen LogP contribution in [0.4, 0.5) is 24.8 Å². The van der Waals surface area contributed by atoms with E-state index in [1.807, 2.05) is 4.90 Å². The molecular formula is C23H28F3N7O2. The molecule has 4 rings (SSSR count). The molecule has 1 aromatic heterocycles. The molecule has 2 aliphatic rings. The van der Waals surface area contributed by atoms with Crippen LogP contribution in [0.5, 0.6) is 0 Å². The minimum atomic E-state index is -4.54. The second-order valence-electron chi connectivity index (χ2n) is 8.56. The number of nitrogens with one attached hydrogen (secondary N) is 1. The van der Waals surface area contributed by atoms with Gasteiger partial charge in [-0.1, -0.05) is 12.1 Å². The molecule has 2 aliphatic heterocycles. The summed E-state index contributed by atoms with van der Waals surface area (Å²) in [6.07, 6.45) is -1.12. The molecule has 9 nitrogen and oxygen atoms in total. The van der Waals surface area contributed by atoms with Crippen molar-refractivity contribution < 1.29 is 22.8 Å². The van der Waals surface area contributed by atoms with Crippen LogP contribution in [0.1, 0.15) is 5.56 Å². The minimum Gasteiger partial charge on any atom is -0.339 e. The molecule has 2 fully saturated rings. The Hall–Kier alpha value is -3.25. The summed E-state index contributed by atoms with van der Waals surface area (Å²) in [5.41, 5.74) is -1.13. The first-order valence-corrected chi connectivity index (χ1v) is 11.5. The largest absolute Gasteiger partial charge is 0.418 e. The molecule has 0 unspecified atom stereocenters. The number of anilines is 2. The van der Waals surface area contributed by atoms with Crippen molar-refractivity contribution in [2.75, 3.05) is 75.7 Å². The molecule has 0 aliphatic carbocycles. The summed E-state index contributed by atoms with van der Waals surface area (Å²) in [5.74, 6) is 0.222. The fraction of sp³-hybridized carbons (Fsp3) is 0.478. The number of piperazine rings is 2. The average molecular weight is 492 g/mol. The van der Waals surface area contributed by atoms with Crippen LogP contribution < -0.4 is 10.2 Å². The normalized spacial score (nSPS) is 17.9. The summed E-state index contributed by atoms with van der Waals surface area (Å²) < 4.78 is 39.4. The van der Waals surface area contributed by atoms with Crippen molar-refractivity contribution in [3.8, 4) is 0 Å². The van der Waals surface area contributed by atoms with Crippen molar-refractivity contribution in [3.63, 3.8) is 0 Å². The van der Waals surface area contributed by atoms with Gasteiger partial charge in [0.15, 0.2) is 0 Å². The first-order chi connectivity index (χ1) is 16.8. The number of nitrogens with zero attached hydrogens (tertiary/aromatic N) is 6. The molecule has 188 valence electrons. The number of para-hydroxylation sites is 1. The van der Waals surface area contributed by atoms with Crippen LogP contribution in [-0.2, 0) is 15.8 Å². The number of benzene rings is 1. The number of hydrogen-bond acceptors (Lipinski definition) is 7. The van der Waals surface area contributed by atoms with Gasteiger partial charge in [0.2, 0.25) is 17.8 Å². The van der Waals surface area contributed by atoms with E-state index >= 15 is 0 Å². The van der Waals surface area contributed by atoms with Crippen molar-refractivity contribution in [2.45, 2.75) is 6.18 Å². The standard InChI is InChI=1S/C23H28F3N7O2/c24-23(25,26)18-4-1-2-5-19(18)29-20(34)16-30-8-12-32(13-9-30)21(35)17-31-10-14-33(15-11-31)22-27-6-3-7-28-22/h1-7H,8-17H2,(H,29,34). The van der Waals surface area contributed by atoms with Crippen LogP contribution in [-0.4, -0.2) is 102 Å². The summed E-state index contributed by atoms with van der Waals surface area (Å²) in [6, 6.07) is 6.69. The minimum absolute atomic E-state index is 0.0300. The fourth-order valence-corrected chi connectivity index (χ4v) is 4.24. The lowest BCUT2D eigenvalue weighted by Gasteiger charge is -2.37. The Morgan fingerprint density at radius 2 is 1.43 bits per heavy atom. The van der Waals surface area contributed by atoms with Gasteiger partial charge in [0.05, 0.1) is 24.3 Å². The molecule has 2 saturated heterocycles. The predicted molar refractivity (Wildman–Crippen MR) is 124 cm³/mol. The predicted octanol–water partition coefficient (Wildman–Crippen LogP) is 1.40. The van der Waals surface area contributed by atoms with Gasteiger partial charge in [0.1, 0.15) is 0 Å². The van der Waals surface area contributed by atoms with Gasteiger partial charge in [0.25, 0.3) is 0 Å². The van der Waals surface area contributed by atoms with Gasteiger partial charge in [-0.2, -0.15) is 13.2 Å².